The van der Waals surface area contributed by atoms with E-state index in [1.165, 1.54) is 17.0 Å². The molecule has 162 valence electrons. The normalized spacial score (nSPS) is 11.6. The number of aryl methyl sites for hydroxylation is 2. The summed E-state index contributed by atoms with van der Waals surface area (Å²) in [7, 11) is 0. The average molecular weight is 415 g/mol. The van der Waals surface area contributed by atoms with Crippen molar-refractivity contribution in [2.75, 3.05) is 13.2 Å². The van der Waals surface area contributed by atoms with Crippen molar-refractivity contribution in [3.63, 3.8) is 0 Å². The summed E-state index contributed by atoms with van der Waals surface area (Å²) in [6, 6.07) is 10.9. The van der Waals surface area contributed by atoms with E-state index in [1.807, 2.05) is 39.0 Å². The van der Waals surface area contributed by atoms with Crippen LogP contribution in [0.1, 0.15) is 43.4 Å². The molecule has 0 saturated carbocycles. The highest BCUT2D eigenvalue weighted by molar-refractivity contribution is 5.87. The molecule has 0 radical (unpaired) electrons. The largest absolute Gasteiger partial charge is 0.484 e. The van der Waals surface area contributed by atoms with Gasteiger partial charge in [-0.2, -0.15) is 0 Å². The number of rotatable bonds is 10. The number of amides is 2. The van der Waals surface area contributed by atoms with Crippen molar-refractivity contribution < 1.29 is 18.7 Å². The number of halogens is 1. The number of hydrogen-bond acceptors (Lipinski definition) is 3. The first-order chi connectivity index (χ1) is 14.3. The van der Waals surface area contributed by atoms with E-state index in [4.69, 9.17) is 4.74 Å². The summed E-state index contributed by atoms with van der Waals surface area (Å²) < 4.78 is 18.9. The van der Waals surface area contributed by atoms with E-state index >= 15 is 0 Å². The van der Waals surface area contributed by atoms with Crippen molar-refractivity contribution in [3.8, 4) is 5.75 Å². The third kappa shape index (κ3) is 6.87. The molecule has 0 unspecified atom stereocenters. The lowest BCUT2D eigenvalue weighted by atomic mass is 10.1. The Bertz CT molecular complexity index is 852. The van der Waals surface area contributed by atoms with Crippen LogP contribution in [-0.4, -0.2) is 35.9 Å². The topological polar surface area (TPSA) is 58.6 Å². The Labute approximate surface area is 178 Å². The third-order valence-electron chi connectivity index (χ3n) is 5.10. The molecule has 2 aromatic rings. The SMILES string of the molecule is CCCCNC(=O)[C@@H](C)N(Cc1ccc(F)cc1)C(=O)COc1ccc(C)c(C)c1. The maximum atomic E-state index is 13.2. The molecule has 0 bridgehead atoms. The Kier molecular flexibility index (Phi) is 8.84. The maximum absolute atomic E-state index is 13.2. The summed E-state index contributed by atoms with van der Waals surface area (Å²) in [4.78, 5) is 27.0. The highest BCUT2D eigenvalue weighted by Gasteiger charge is 2.26. The molecule has 2 amide bonds. The summed E-state index contributed by atoms with van der Waals surface area (Å²) in [5.41, 5.74) is 2.96. The van der Waals surface area contributed by atoms with Gasteiger partial charge in [-0.05, 0) is 68.1 Å². The summed E-state index contributed by atoms with van der Waals surface area (Å²) in [5.74, 6) is -0.269. The van der Waals surface area contributed by atoms with Crippen LogP contribution in [0.5, 0.6) is 5.75 Å². The number of carbonyl (C=O) groups excluding carboxylic acids is 2. The van der Waals surface area contributed by atoms with E-state index in [-0.39, 0.29) is 30.8 Å². The number of unbranched alkanes of at least 4 members (excludes halogenated alkanes) is 1. The molecule has 0 aliphatic carbocycles. The Balaban J connectivity index is 2.11. The number of nitrogens with one attached hydrogen (secondary N) is 1. The molecule has 0 saturated heterocycles. The molecule has 0 aliphatic heterocycles. The zero-order valence-corrected chi connectivity index (χ0v) is 18.2. The smallest absolute Gasteiger partial charge is 0.261 e. The minimum Gasteiger partial charge on any atom is -0.484 e. The molecule has 0 fully saturated rings. The molecule has 30 heavy (non-hydrogen) atoms. The van der Waals surface area contributed by atoms with E-state index in [1.54, 1.807) is 19.1 Å². The number of carbonyl (C=O) groups is 2. The van der Waals surface area contributed by atoms with Gasteiger partial charge in [0.05, 0.1) is 0 Å². The minimum absolute atomic E-state index is 0.184. The third-order valence-corrected chi connectivity index (χ3v) is 5.10. The Morgan fingerprint density at radius 3 is 2.43 bits per heavy atom. The molecule has 0 aliphatic rings. The molecule has 0 spiro atoms. The fourth-order valence-electron chi connectivity index (χ4n) is 2.94. The van der Waals surface area contributed by atoms with Gasteiger partial charge in [0.1, 0.15) is 17.6 Å². The van der Waals surface area contributed by atoms with E-state index in [9.17, 15) is 14.0 Å². The average Bonchev–Trinajstić information content (AvgIpc) is 2.73. The lowest BCUT2D eigenvalue weighted by molar-refractivity contribution is -0.142. The predicted molar refractivity (Wildman–Crippen MR) is 116 cm³/mol. The van der Waals surface area contributed by atoms with Gasteiger partial charge in [0.25, 0.3) is 5.91 Å². The number of ether oxygens (including phenoxy) is 1. The molecule has 1 atom stereocenters. The Hall–Kier alpha value is -2.89. The van der Waals surface area contributed by atoms with Crippen molar-refractivity contribution in [2.45, 2.75) is 53.1 Å². The summed E-state index contributed by atoms with van der Waals surface area (Å²) in [6.45, 7) is 8.30. The lowest BCUT2D eigenvalue weighted by Gasteiger charge is -2.28. The molecule has 0 aromatic heterocycles. The zero-order chi connectivity index (χ0) is 22.1. The second-order valence-electron chi connectivity index (χ2n) is 7.50. The van der Waals surface area contributed by atoms with Crippen LogP contribution in [0.15, 0.2) is 42.5 Å². The van der Waals surface area contributed by atoms with Gasteiger partial charge in [-0.15, -0.1) is 0 Å². The van der Waals surface area contributed by atoms with Gasteiger partial charge in [0.15, 0.2) is 6.61 Å². The molecule has 2 aromatic carbocycles. The van der Waals surface area contributed by atoms with Crippen molar-refractivity contribution in [1.29, 1.82) is 0 Å². The van der Waals surface area contributed by atoms with E-state index in [0.29, 0.717) is 12.3 Å². The molecular weight excluding hydrogens is 383 g/mol. The monoisotopic (exact) mass is 414 g/mol. The molecular formula is C24H31FN2O3. The summed E-state index contributed by atoms with van der Waals surface area (Å²) >= 11 is 0. The molecule has 6 heteroatoms. The highest BCUT2D eigenvalue weighted by Crippen LogP contribution is 2.17. The Morgan fingerprint density at radius 1 is 1.10 bits per heavy atom. The van der Waals surface area contributed by atoms with Crippen LogP contribution < -0.4 is 10.1 Å². The second kappa shape index (κ2) is 11.3. The second-order valence-corrected chi connectivity index (χ2v) is 7.50. The van der Waals surface area contributed by atoms with Crippen molar-refractivity contribution in [2.24, 2.45) is 0 Å². The van der Waals surface area contributed by atoms with Crippen molar-refractivity contribution >= 4 is 11.8 Å². The quantitative estimate of drug-likeness (QED) is 0.594. The number of hydrogen-bond donors (Lipinski definition) is 1. The molecule has 2 rings (SSSR count). The van der Waals surface area contributed by atoms with Crippen LogP contribution in [0.25, 0.3) is 0 Å². The first kappa shape index (κ1) is 23.4. The van der Waals surface area contributed by atoms with Crippen LogP contribution in [0.4, 0.5) is 4.39 Å². The first-order valence-electron chi connectivity index (χ1n) is 10.3. The van der Waals surface area contributed by atoms with Crippen LogP contribution in [0.2, 0.25) is 0 Å². The number of benzene rings is 2. The standard InChI is InChI=1S/C24H31FN2O3/c1-5-6-13-26-24(29)19(4)27(15-20-8-10-21(25)11-9-20)23(28)16-30-22-12-7-17(2)18(3)14-22/h7-12,14,19H,5-6,13,15-16H2,1-4H3,(H,26,29)/t19-/m1/s1. The lowest BCUT2D eigenvalue weighted by Crippen LogP contribution is -2.49. The van der Waals surface area contributed by atoms with Gasteiger partial charge in [0, 0.05) is 13.1 Å². The van der Waals surface area contributed by atoms with Gasteiger partial charge in [-0.3, -0.25) is 9.59 Å². The maximum Gasteiger partial charge on any atom is 0.261 e. The van der Waals surface area contributed by atoms with Crippen molar-refractivity contribution in [3.05, 3.63) is 65.0 Å². The van der Waals surface area contributed by atoms with Gasteiger partial charge < -0.3 is 15.0 Å². The molecule has 1 N–H and O–H groups in total. The van der Waals surface area contributed by atoms with Crippen molar-refractivity contribution in [1.82, 2.24) is 10.2 Å². The van der Waals surface area contributed by atoms with Crippen LogP contribution in [0, 0.1) is 19.7 Å². The first-order valence-corrected chi connectivity index (χ1v) is 10.3. The van der Waals surface area contributed by atoms with Crippen LogP contribution >= 0.6 is 0 Å². The highest BCUT2D eigenvalue weighted by atomic mass is 19.1. The summed E-state index contributed by atoms with van der Waals surface area (Å²) in [5, 5.41) is 2.87. The Morgan fingerprint density at radius 2 is 1.80 bits per heavy atom. The van der Waals surface area contributed by atoms with E-state index in [2.05, 4.69) is 5.32 Å². The van der Waals surface area contributed by atoms with Gasteiger partial charge in [-0.25, -0.2) is 4.39 Å². The van der Waals surface area contributed by atoms with Crippen LogP contribution in [0.3, 0.4) is 0 Å². The number of nitrogens with zero attached hydrogens (tertiary/aromatic N) is 1. The minimum atomic E-state index is -0.678. The predicted octanol–water partition coefficient (Wildman–Crippen LogP) is 4.15. The van der Waals surface area contributed by atoms with E-state index < -0.39 is 6.04 Å². The van der Waals surface area contributed by atoms with E-state index in [0.717, 1.165) is 29.5 Å². The zero-order valence-electron chi connectivity index (χ0n) is 18.2. The molecule has 5 nitrogen and oxygen atoms in total. The summed E-state index contributed by atoms with van der Waals surface area (Å²) in [6.07, 6.45) is 1.84. The van der Waals surface area contributed by atoms with Gasteiger partial charge in [-0.1, -0.05) is 31.5 Å². The van der Waals surface area contributed by atoms with Gasteiger partial charge in [0.2, 0.25) is 5.91 Å². The van der Waals surface area contributed by atoms with Gasteiger partial charge >= 0.3 is 0 Å². The fraction of sp³-hybridized carbons (Fsp3) is 0.417. The molecule has 0 heterocycles. The van der Waals surface area contributed by atoms with Crippen LogP contribution in [-0.2, 0) is 16.1 Å². The fourth-order valence-corrected chi connectivity index (χ4v) is 2.94.